The van der Waals surface area contributed by atoms with Crippen molar-refractivity contribution in [1.82, 2.24) is 14.9 Å². The van der Waals surface area contributed by atoms with Crippen molar-refractivity contribution in [3.8, 4) is 0 Å². The van der Waals surface area contributed by atoms with E-state index in [0.717, 1.165) is 19.6 Å². The molecule has 1 aliphatic heterocycles. The van der Waals surface area contributed by atoms with Gasteiger partial charge in [0.1, 0.15) is 0 Å². The molecule has 0 radical (unpaired) electrons. The molecule has 1 aromatic rings. The number of aryl methyl sites for hydroxylation is 1. The highest BCUT2D eigenvalue weighted by molar-refractivity contribution is 5.56. The van der Waals surface area contributed by atoms with Crippen molar-refractivity contribution >= 4 is 11.6 Å². The molecule has 0 amide bonds. The van der Waals surface area contributed by atoms with Gasteiger partial charge < -0.3 is 20.3 Å². The maximum atomic E-state index is 11.1. The Balaban J connectivity index is 2.43. The second-order valence-electron chi connectivity index (χ2n) is 4.61. The van der Waals surface area contributed by atoms with Gasteiger partial charge in [0.05, 0.1) is 0 Å². The van der Waals surface area contributed by atoms with Crippen LogP contribution in [0.15, 0.2) is 0 Å². The zero-order valence-electron chi connectivity index (χ0n) is 11.0. The Kier molecular flexibility index (Phi) is 3.51. The fourth-order valence-corrected chi connectivity index (χ4v) is 2.48. The summed E-state index contributed by atoms with van der Waals surface area (Å²) in [6.07, 6.45) is 0. The number of nitro groups is 1. The van der Waals surface area contributed by atoms with Crippen LogP contribution < -0.4 is 10.2 Å². The third-order valence-electron chi connectivity index (χ3n) is 3.27. The topological polar surface area (TPSA) is 76.2 Å². The van der Waals surface area contributed by atoms with E-state index in [1.54, 1.807) is 0 Å². The van der Waals surface area contributed by atoms with Crippen LogP contribution in [0.25, 0.3) is 0 Å². The van der Waals surface area contributed by atoms with Crippen molar-refractivity contribution in [3.63, 3.8) is 0 Å². The summed E-state index contributed by atoms with van der Waals surface area (Å²) >= 11 is 0. The van der Waals surface area contributed by atoms with Gasteiger partial charge >= 0.3 is 5.82 Å². The van der Waals surface area contributed by atoms with Crippen LogP contribution >= 0.6 is 0 Å². The number of imidazole rings is 1. The normalized spacial score (nSPS) is 20.2. The van der Waals surface area contributed by atoms with Crippen molar-refractivity contribution < 1.29 is 4.92 Å². The third kappa shape index (κ3) is 2.17. The molecule has 7 nitrogen and oxygen atoms in total. The summed E-state index contributed by atoms with van der Waals surface area (Å²) in [5.74, 6) is 1.32. The first-order chi connectivity index (χ1) is 8.54. The van der Waals surface area contributed by atoms with Gasteiger partial charge in [-0.05, 0) is 23.8 Å². The molecule has 0 bridgehead atoms. The van der Waals surface area contributed by atoms with Crippen molar-refractivity contribution in [2.45, 2.75) is 33.4 Å². The summed E-state index contributed by atoms with van der Waals surface area (Å²) in [7, 11) is 0. The van der Waals surface area contributed by atoms with Gasteiger partial charge in [-0.3, -0.25) is 4.57 Å². The van der Waals surface area contributed by atoms with Crippen LogP contribution in [0.2, 0.25) is 0 Å². The maximum Gasteiger partial charge on any atom is 0.406 e. The quantitative estimate of drug-likeness (QED) is 0.640. The van der Waals surface area contributed by atoms with E-state index in [-0.39, 0.29) is 10.7 Å². The van der Waals surface area contributed by atoms with Crippen molar-refractivity contribution in [1.29, 1.82) is 0 Å². The molecular weight excluding hydrogens is 234 g/mol. The highest BCUT2D eigenvalue weighted by Gasteiger charge is 2.31. The Morgan fingerprint density at radius 3 is 2.89 bits per heavy atom. The number of aromatic nitrogens is 2. The lowest BCUT2D eigenvalue weighted by atomic mass is 10.2. The number of rotatable bonds is 3. The second kappa shape index (κ2) is 4.93. The van der Waals surface area contributed by atoms with Crippen molar-refractivity contribution in [2.24, 2.45) is 0 Å². The lowest BCUT2D eigenvalue weighted by Gasteiger charge is -2.33. The van der Waals surface area contributed by atoms with Crippen molar-refractivity contribution in [3.05, 3.63) is 15.9 Å². The Bertz CT molecular complexity index is 457. The molecule has 1 fully saturated rings. The van der Waals surface area contributed by atoms with E-state index in [4.69, 9.17) is 0 Å². The lowest BCUT2D eigenvalue weighted by Crippen LogP contribution is -2.50. The smallest absolute Gasteiger partial charge is 0.358 e. The molecule has 2 heterocycles. The molecule has 0 aromatic carbocycles. The number of hydrogen-bond acceptors (Lipinski definition) is 5. The Labute approximate surface area is 106 Å². The van der Waals surface area contributed by atoms with E-state index >= 15 is 0 Å². The van der Waals surface area contributed by atoms with Gasteiger partial charge in [0, 0.05) is 39.1 Å². The molecule has 100 valence electrons. The summed E-state index contributed by atoms with van der Waals surface area (Å²) in [6, 6.07) is 0.332. The molecule has 7 heteroatoms. The Morgan fingerprint density at radius 2 is 2.33 bits per heavy atom. The third-order valence-corrected chi connectivity index (χ3v) is 3.27. The molecule has 1 saturated heterocycles. The Morgan fingerprint density at radius 1 is 1.61 bits per heavy atom. The van der Waals surface area contributed by atoms with Gasteiger partial charge in [0.25, 0.3) is 0 Å². The van der Waals surface area contributed by atoms with E-state index in [1.165, 1.54) is 0 Å². The minimum absolute atomic E-state index is 0.0246. The molecule has 1 aromatic heterocycles. The zero-order valence-corrected chi connectivity index (χ0v) is 11.0. The zero-order chi connectivity index (χ0) is 13.3. The van der Waals surface area contributed by atoms with Crippen LogP contribution in [-0.2, 0) is 6.54 Å². The van der Waals surface area contributed by atoms with Crippen LogP contribution in [0.5, 0.6) is 0 Å². The van der Waals surface area contributed by atoms with Gasteiger partial charge in [0.15, 0.2) is 0 Å². The standard InChI is InChI=1S/C11H19N5O2/c1-4-15-9(3)13-10(16(17)18)11(15)14-6-5-12-8(2)7-14/h8,12H,4-7H2,1-3H3. The van der Waals surface area contributed by atoms with E-state index in [9.17, 15) is 10.1 Å². The fraction of sp³-hybridized carbons (Fsp3) is 0.727. The van der Waals surface area contributed by atoms with E-state index in [0.29, 0.717) is 24.2 Å². The minimum atomic E-state index is -0.388. The average Bonchev–Trinajstić information content (AvgIpc) is 2.66. The SMILES string of the molecule is CCn1c(C)nc([N+](=O)[O-])c1N1CCNC(C)C1. The number of piperazine rings is 1. The molecule has 1 aliphatic rings. The van der Waals surface area contributed by atoms with Gasteiger partial charge in [0.2, 0.25) is 11.6 Å². The van der Waals surface area contributed by atoms with Crippen LogP contribution in [0.3, 0.4) is 0 Å². The number of nitrogens with one attached hydrogen (secondary N) is 1. The van der Waals surface area contributed by atoms with Crippen LogP contribution in [0.1, 0.15) is 19.7 Å². The summed E-state index contributed by atoms with van der Waals surface area (Å²) in [4.78, 5) is 16.9. The first-order valence-corrected chi connectivity index (χ1v) is 6.24. The van der Waals surface area contributed by atoms with Crippen molar-refractivity contribution in [2.75, 3.05) is 24.5 Å². The fourth-order valence-electron chi connectivity index (χ4n) is 2.48. The predicted octanol–water partition coefficient (Wildman–Crippen LogP) is 0.918. The molecule has 2 rings (SSSR count). The van der Waals surface area contributed by atoms with E-state index in [1.807, 2.05) is 18.4 Å². The lowest BCUT2D eigenvalue weighted by molar-refractivity contribution is -0.388. The highest BCUT2D eigenvalue weighted by Crippen LogP contribution is 2.29. The first kappa shape index (κ1) is 12.8. The van der Waals surface area contributed by atoms with Gasteiger partial charge in [-0.1, -0.05) is 0 Å². The number of nitrogens with zero attached hydrogens (tertiary/aromatic N) is 4. The number of hydrogen-bond donors (Lipinski definition) is 1. The first-order valence-electron chi connectivity index (χ1n) is 6.24. The summed E-state index contributed by atoms with van der Waals surface area (Å²) in [5.41, 5.74) is 0. The highest BCUT2D eigenvalue weighted by atomic mass is 16.6. The largest absolute Gasteiger partial charge is 0.406 e. The predicted molar refractivity (Wildman–Crippen MR) is 69.0 cm³/mol. The maximum absolute atomic E-state index is 11.1. The second-order valence-corrected chi connectivity index (χ2v) is 4.61. The number of anilines is 1. The molecule has 1 unspecified atom stereocenters. The molecule has 1 N–H and O–H groups in total. The van der Waals surface area contributed by atoms with Gasteiger partial charge in [-0.15, -0.1) is 0 Å². The van der Waals surface area contributed by atoms with E-state index < -0.39 is 0 Å². The summed E-state index contributed by atoms with van der Waals surface area (Å²) in [6.45, 7) is 8.95. The average molecular weight is 253 g/mol. The Hall–Kier alpha value is -1.63. The molecule has 1 atom stereocenters. The van der Waals surface area contributed by atoms with Crippen LogP contribution in [0.4, 0.5) is 11.6 Å². The molecule has 0 saturated carbocycles. The summed E-state index contributed by atoms with van der Waals surface area (Å²) in [5, 5.41) is 14.4. The molecule has 18 heavy (non-hydrogen) atoms. The van der Waals surface area contributed by atoms with E-state index in [2.05, 4.69) is 22.1 Å². The van der Waals surface area contributed by atoms with Gasteiger partial charge in [-0.2, -0.15) is 0 Å². The summed E-state index contributed by atoms with van der Waals surface area (Å²) < 4.78 is 1.91. The molecule has 0 aliphatic carbocycles. The van der Waals surface area contributed by atoms with Gasteiger partial charge in [-0.25, -0.2) is 0 Å². The van der Waals surface area contributed by atoms with Crippen LogP contribution in [0, 0.1) is 17.0 Å². The van der Waals surface area contributed by atoms with Crippen LogP contribution in [-0.4, -0.2) is 40.2 Å². The molecule has 0 spiro atoms. The molecular formula is C11H19N5O2. The minimum Gasteiger partial charge on any atom is -0.358 e. The monoisotopic (exact) mass is 253 g/mol.